The van der Waals surface area contributed by atoms with Crippen LogP contribution in [-0.4, -0.2) is 44.2 Å². The molecule has 0 spiro atoms. The van der Waals surface area contributed by atoms with Gasteiger partial charge in [0.15, 0.2) is 5.96 Å². The van der Waals surface area contributed by atoms with Crippen LogP contribution in [-0.2, 0) is 4.74 Å². The monoisotopic (exact) mass is 553 g/mol. The lowest BCUT2D eigenvalue weighted by molar-refractivity contribution is -0.384. The zero-order valence-electron chi connectivity index (χ0n) is 18.5. The summed E-state index contributed by atoms with van der Waals surface area (Å²) in [6, 6.07) is 15.2. The summed E-state index contributed by atoms with van der Waals surface area (Å²) in [5, 5.41) is 20.9. The van der Waals surface area contributed by atoms with Crippen LogP contribution in [0.15, 0.2) is 53.5 Å². The highest BCUT2D eigenvalue weighted by Crippen LogP contribution is 2.33. The largest absolute Gasteiger partial charge is 0.378 e. The number of nitro groups is 1. The van der Waals surface area contributed by atoms with Crippen molar-refractivity contribution in [1.29, 1.82) is 0 Å². The van der Waals surface area contributed by atoms with Gasteiger partial charge in [0.25, 0.3) is 5.69 Å². The molecule has 0 amide bonds. The number of benzene rings is 2. The van der Waals surface area contributed by atoms with Gasteiger partial charge >= 0.3 is 0 Å². The summed E-state index contributed by atoms with van der Waals surface area (Å²) in [6.45, 7) is 4.75. The lowest BCUT2D eigenvalue weighted by atomic mass is 9.89. The molecule has 1 saturated heterocycles. The molecule has 1 aliphatic rings. The number of ether oxygens (including phenoxy) is 1. The van der Waals surface area contributed by atoms with E-state index < -0.39 is 0 Å². The van der Waals surface area contributed by atoms with Crippen LogP contribution in [0.5, 0.6) is 0 Å². The minimum atomic E-state index is -0.382. The van der Waals surface area contributed by atoms with Crippen molar-refractivity contribution in [2.75, 3.05) is 38.6 Å². The van der Waals surface area contributed by atoms with Crippen molar-refractivity contribution in [3.05, 3.63) is 69.8 Å². The molecule has 2 atom stereocenters. The van der Waals surface area contributed by atoms with Crippen molar-refractivity contribution in [3.8, 4) is 0 Å². The van der Waals surface area contributed by atoms with E-state index in [-0.39, 0.29) is 40.7 Å². The smallest absolute Gasteiger partial charge is 0.292 e. The van der Waals surface area contributed by atoms with Gasteiger partial charge in [-0.1, -0.05) is 42.0 Å². The van der Waals surface area contributed by atoms with Crippen molar-refractivity contribution in [2.24, 2.45) is 10.9 Å². The second-order valence-electron chi connectivity index (χ2n) is 7.69. The third-order valence-corrected chi connectivity index (χ3v) is 5.44. The summed E-state index contributed by atoms with van der Waals surface area (Å²) in [4.78, 5) is 15.0. The molecule has 0 aliphatic carbocycles. The minimum Gasteiger partial charge on any atom is -0.378 e. The van der Waals surface area contributed by atoms with Gasteiger partial charge in [0, 0.05) is 45.3 Å². The van der Waals surface area contributed by atoms with Crippen LogP contribution in [0.25, 0.3) is 0 Å². The molecule has 1 heterocycles. The second kappa shape index (κ2) is 13.2. The summed E-state index contributed by atoms with van der Waals surface area (Å²) >= 11 is 0. The van der Waals surface area contributed by atoms with Gasteiger partial charge in [-0.25, -0.2) is 0 Å². The van der Waals surface area contributed by atoms with Gasteiger partial charge < -0.3 is 20.7 Å². The number of guanidine groups is 1. The molecule has 2 unspecified atom stereocenters. The maximum absolute atomic E-state index is 11.1. The summed E-state index contributed by atoms with van der Waals surface area (Å²) in [5.41, 5.74) is 3.05. The van der Waals surface area contributed by atoms with Crippen molar-refractivity contribution in [1.82, 2.24) is 10.6 Å². The summed E-state index contributed by atoms with van der Waals surface area (Å²) in [6.07, 6.45) is 2.24. The van der Waals surface area contributed by atoms with E-state index in [4.69, 9.17) is 4.74 Å². The van der Waals surface area contributed by atoms with Crippen LogP contribution in [0.1, 0.15) is 30.1 Å². The van der Waals surface area contributed by atoms with Crippen LogP contribution in [0.2, 0.25) is 0 Å². The predicted octanol–water partition coefficient (Wildman–Crippen LogP) is 4.27. The Hall–Kier alpha value is -2.40. The van der Waals surface area contributed by atoms with Gasteiger partial charge in [0.1, 0.15) is 5.69 Å². The Labute approximate surface area is 206 Å². The maximum Gasteiger partial charge on any atom is 0.292 e. The number of anilines is 1. The molecule has 8 nitrogen and oxygen atoms in total. The third-order valence-electron chi connectivity index (χ3n) is 5.44. The van der Waals surface area contributed by atoms with E-state index in [0.29, 0.717) is 30.7 Å². The number of aliphatic imine (C=N–C) groups is 1. The number of rotatable bonds is 8. The van der Waals surface area contributed by atoms with Gasteiger partial charge in [0.2, 0.25) is 0 Å². The van der Waals surface area contributed by atoms with Crippen LogP contribution < -0.4 is 16.0 Å². The number of nitrogens with one attached hydrogen (secondary N) is 3. The van der Waals surface area contributed by atoms with E-state index >= 15 is 0 Å². The first-order chi connectivity index (χ1) is 15.1. The Morgan fingerprint density at radius 3 is 2.62 bits per heavy atom. The molecule has 32 heavy (non-hydrogen) atoms. The van der Waals surface area contributed by atoms with Crippen LogP contribution in [0.4, 0.5) is 11.4 Å². The first kappa shape index (κ1) is 25.9. The number of halogens is 1. The highest BCUT2D eigenvalue weighted by Gasteiger charge is 2.27. The standard InChI is InChI=1S/C23H31N5O3.HI/c1-17-9-11-18(12-10-17)22-19(6-5-15-31-22)16-27-23(24-2)26-14-13-25-20-7-3-4-8-21(20)28(29)30;/h3-4,7-12,19,22,25H,5-6,13-16H2,1-2H3,(H2,24,26,27);1H. The molecule has 1 aliphatic heterocycles. The molecule has 174 valence electrons. The number of hydrogen-bond acceptors (Lipinski definition) is 5. The van der Waals surface area contributed by atoms with E-state index in [0.717, 1.165) is 26.0 Å². The van der Waals surface area contributed by atoms with E-state index in [9.17, 15) is 10.1 Å². The fraction of sp³-hybridized carbons (Fsp3) is 0.435. The first-order valence-electron chi connectivity index (χ1n) is 10.7. The number of nitrogens with zero attached hydrogens (tertiary/aromatic N) is 2. The quantitative estimate of drug-likeness (QED) is 0.113. The number of hydrogen-bond donors (Lipinski definition) is 3. The Bertz CT molecular complexity index is 891. The Morgan fingerprint density at radius 1 is 1.16 bits per heavy atom. The van der Waals surface area contributed by atoms with Gasteiger partial charge in [-0.05, 0) is 31.4 Å². The SMILES string of the molecule is CN=C(NCCNc1ccccc1[N+](=O)[O-])NCC1CCCOC1c1ccc(C)cc1.I. The Balaban J connectivity index is 0.00000363. The van der Waals surface area contributed by atoms with Crippen LogP contribution in [0, 0.1) is 23.0 Å². The second-order valence-corrected chi connectivity index (χ2v) is 7.69. The minimum absolute atomic E-state index is 0. The van der Waals surface area contributed by atoms with Gasteiger partial charge in [-0.3, -0.25) is 15.1 Å². The number of para-hydroxylation sites is 2. The molecule has 2 aromatic carbocycles. The molecular formula is C23H32IN5O3. The topological polar surface area (TPSA) is 101 Å². The molecule has 2 aromatic rings. The first-order valence-corrected chi connectivity index (χ1v) is 10.7. The predicted molar refractivity (Wildman–Crippen MR) is 139 cm³/mol. The molecule has 0 aromatic heterocycles. The van der Waals surface area contributed by atoms with Gasteiger partial charge in [-0.15, -0.1) is 24.0 Å². The lowest BCUT2D eigenvalue weighted by Crippen LogP contribution is -2.43. The van der Waals surface area contributed by atoms with E-state index in [1.54, 1.807) is 25.2 Å². The van der Waals surface area contributed by atoms with E-state index in [1.807, 2.05) is 0 Å². The average molecular weight is 553 g/mol. The summed E-state index contributed by atoms with van der Waals surface area (Å²) in [7, 11) is 1.74. The third kappa shape index (κ3) is 7.33. The van der Waals surface area contributed by atoms with Gasteiger partial charge in [-0.2, -0.15) is 0 Å². The molecule has 0 saturated carbocycles. The molecular weight excluding hydrogens is 521 g/mol. The molecule has 3 rings (SSSR count). The van der Waals surface area contributed by atoms with Crippen LogP contribution in [0.3, 0.4) is 0 Å². The Kier molecular flexibility index (Phi) is 10.7. The zero-order valence-corrected chi connectivity index (χ0v) is 20.9. The normalized spacial score (nSPS) is 18.4. The lowest BCUT2D eigenvalue weighted by Gasteiger charge is -2.32. The highest BCUT2D eigenvalue weighted by atomic mass is 127. The average Bonchev–Trinajstić information content (AvgIpc) is 2.79. The summed E-state index contributed by atoms with van der Waals surface area (Å²) < 4.78 is 6.10. The number of nitro benzene ring substituents is 1. The van der Waals surface area contributed by atoms with Crippen molar-refractivity contribution >= 4 is 41.3 Å². The molecule has 0 radical (unpaired) electrons. The molecule has 9 heteroatoms. The fourth-order valence-electron chi connectivity index (χ4n) is 3.79. The molecule has 0 bridgehead atoms. The van der Waals surface area contributed by atoms with E-state index in [1.165, 1.54) is 17.2 Å². The van der Waals surface area contributed by atoms with Crippen molar-refractivity contribution < 1.29 is 9.66 Å². The van der Waals surface area contributed by atoms with Crippen molar-refractivity contribution in [2.45, 2.75) is 25.9 Å². The highest BCUT2D eigenvalue weighted by molar-refractivity contribution is 14.0. The number of aryl methyl sites for hydroxylation is 1. The van der Waals surface area contributed by atoms with Crippen molar-refractivity contribution in [3.63, 3.8) is 0 Å². The zero-order chi connectivity index (χ0) is 22.1. The van der Waals surface area contributed by atoms with E-state index in [2.05, 4.69) is 52.1 Å². The molecule has 1 fully saturated rings. The van der Waals surface area contributed by atoms with Crippen LogP contribution >= 0.6 is 24.0 Å². The Morgan fingerprint density at radius 2 is 1.91 bits per heavy atom. The maximum atomic E-state index is 11.1. The summed E-state index contributed by atoms with van der Waals surface area (Å²) in [5.74, 6) is 1.07. The van der Waals surface area contributed by atoms with Gasteiger partial charge in [0.05, 0.1) is 11.0 Å². The molecule has 3 N–H and O–H groups in total. The fourth-order valence-corrected chi connectivity index (χ4v) is 3.79.